The summed E-state index contributed by atoms with van der Waals surface area (Å²) in [6.45, 7) is 10.2. The van der Waals surface area contributed by atoms with Gasteiger partial charge in [0.15, 0.2) is 0 Å². The van der Waals surface area contributed by atoms with Gasteiger partial charge in [-0.1, -0.05) is 48.5 Å². The van der Waals surface area contributed by atoms with Crippen molar-refractivity contribution >= 4 is 34.1 Å². The first kappa shape index (κ1) is 27.9. The second kappa shape index (κ2) is 11.6. The van der Waals surface area contributed by atoms with Gasteiger partial charge < -0.3 is 19.4 Å². The number of anilines is 1. The van der Waals surface area contributed by atoms with Gasteiger partial charge in [-0.15, -0.1) is 0 Å². The summed E-state index contributed by atoms with van der Waals surface area (Å²) >= 11 is 6.75. The van der Waals surface area contributed by atoms with Crippen LogP contribution in [0.4, 0.5) is 5.82 Å². The van der Waals surface area contributed by atoms with Crippen molar-refractivity contribution in [1.29, 1.82) is 0 Å². The summed E-state index contributed by atoms with van der Waals surface area (Å²) < 4.78 is 6.32. The number of nitrogens with zero attached hydrogens (tertiary/aromatic N) is 6. The molecule has 2 aromatic carbocycles. The van der Waals surface area contributed by atoms with E-state index in [2.05, 4.69) is 66.6 Å². The molecule has 216 valence electrons. The van der Waals surface area contributed by atoms with Crippen LogP contribution in [0.1, 0.15) is 42.6 Å². The van der Waals surface area contributed by atoms with Gasteiger partial charge >= 0.3 is 6.01 Å². The molecule has 1 amide bonds. The number of aromatic nitrogens is 2. The normalized spacial score (nSPS) is 23.6. The van der Waals surface area contributed by atoms with Gasteiger partial charge in [0, 0.05) is 66.7 Å². The third-order valence-corrected chi connectivity index (χ3v) is 9.40. The molecular formula is C32H39ClN6O2. The average Bonchev–Trinajstić information content (AvgIpc) is 3.39. The van der Waals surface area contributed by atoms with Gasteiger partial charge in [0.1, 0.15) is 12.4 Å². The molecule has 3 atom stereocenters. The van der Waals surface area contributed by atoms with E-state index < -0.39 is 0 Å². The number of carbonyl (C=O) groups excluding carboxylic acids is 1. The third kappa shape index (κ3) is 5.41. The zero-order valence-corrected chi connectivity index (χ0v) is 25.0. The first-order valence-electron chi connectivity index (χ1n) is 14.6. The Labute approximate surface area is 247 Å². The van der Waals surface area contributed by atoms with E-state index in [-0.39, 0.29) is 18.0 Å². The lowest BCUT2D eigenvalue weighted by molar-refractivity contribution is -0.126. The van der Waals surface area contributed by atoms with Gasteiger partial charge in [-0.2, -0.15) is 9.97 Å². The molecule has 0 aliphatic carbocycles. The smallest absolute Gasteiger partial charge is 0.318 e. The Morgan fingerprint density at radius 2 is 1.93 bits per heavy atom. The fourth-order valence-electron chi connectivity index (χ4n) is 6.74. The lowest BCUT2D eigenvalue weighted by Gasteiger charge is -2.42. The Balaban J connectivity index is 1.36. The number of amides is 1. The van der Waals surface area contributed by atoms with Crippen LogP contribution in [0.25, 0.3) is 10.8 Å². The summed E-state index contributed by atoms with van der Waals surface area (Å²) in [6, 6.07) is 13.5. The minimum Gasteiger partial charge on any atom is -0.462 e. The van der Waals surface area contributed by atoms with Gasteiger partial charge in [0.05, 0.1) is 5.69 Å². The molecule has 0 saturated carbocycles. The number of hydrogen-bond acceptors (Lipinski definition) is 7. The third-order valence-electron chi connectivity index (χ3n) is 9.08. The maximum absolute atomic E-state index is 12.3. The van der Waals surface area contributed by atoms with Crippen LogP contribution in [0.2, 0.25) is 5.02 Å². The van der Waals surface area contributed by atoms with Crippen LogP contribution in [0.5, 0.6) is 6.01 Å². The number of benzene rings is 2. The highest BCUT2D eigenvalue weighted by molar-refractivity contribution is 6.35. The molecule has 3 aliphatic rings. The van der Waals surface area contributed by atoms with Crippen molar-refractivity contribution in [3.63, 3.8) is 0 Å². The number of carbonyl (C=O) groups is 1. The topological polar surface area (TPSA) is 65.0 Å². The molecule has 8 nitrogen and oxygen atoms in total. The van der Waals surface area contributed by atoms with Crippen LogP contribution in [0.3, 0.4) is 0 Å². The molecule has 9 heteroatoms. The quantitative estimate of drug-likeness (QED) is 0.395. The number of fused-ring (bicyclic) bond motifs is 2. The molecule has 2 saturated heterocycles. The molecule has 6 rings (SSSR count). The van der Waals surface area contributed by atoms with E-state index in [0.29, 0.717) is 44.8 Å². The molecule has 0 spiro atoms. The van der Waals surface area contributed by atoms with Crippen LogP contribution >= 0.6 is 11.6 Å². The van der Waals surface area contributed by atoms with Crippen molar-refractivity contribution < 1.29 is 9.53 Å². The van der Waals surface area contributed by atoms with E-state index in [0.717, 1.165) is 52.3 Å². The second-order valence-electron chi connectivity index (χ2n) is 11.7. The van der Waals surface area contributed by atoms with Crippen molar-refractivity contribution in [1.82, 2.24) is 24.7 Å². The van der Waals surface area contributed by atoms with Gasteiger partial charge in [-0.3, -0.25) is 9.69 Å². The first-order valence-corrected chi connectivity index (χ1v) is 15.0. The second-order valence-corrected chi connectivity index (χ2v) is 12.1. The minimum atomic E-state index is -0.0257. The Kier molecular flexibility index (Phi) is 7.90. The number of likely N-dealkylation sites (tertiary alicyclic amines) is 1. The van der Waals surface area contributed by atoms with Crippen LogP contribution in [-0.2, 0) is 17.8 Å². The molecule has 4 heterocycles. The Morgan fingerprint density at radius 1 is 1.12 bits per heavy atom. The standard InChI is InChI=1S/C32H39ClN6O2/c1-5-29(40)38-15-16-39(21(2)18-38)31-25-19-37(4)28(24-12-6-9-22-10-7-13-26(33)30(22)24)17-27(25)34-32(35-31)41-20-23-11-8-14-36(23)3/h5-7,9-10,12-13,21,23,28H,1,8,11,14-20H2,2-4H3/t21-,23?,28?/m0/s1. The SMILES string of the molecule is C=CC(=O)N1CCN(c2nc(OCC3CCCN3C)nc3c2CN(C)C(c2cccc4cccc(Cl)c24)C3)[C@@H](C)C1. The largest absolute Gasteiger partial charge is 0.462 e. The molecule has 0 N–H and O–H groups in total. The van der Waals surface area contributed by atoms with E-state index in [9.17, 15) is 4.79 Å². The van der Waals surface area contributed by atoms with Gasteiger partial charge in [0.2, 0.25) is 5.91 Å². The molecule has 0 radical (unpaired) electrons. The number of ether oxygens (including phenoxy) is 1. The average molecular weight is 575 g/mol. The summed E-state index contributed by atoms with van der Waals surface area (Å²) in [5, 5.41) is 3.01. The lowest BCUT2D eigenvalue weighted by Crippen LogP contribution is -2.54. The van der Waals surface area contributed by atoms with Gasteiger partial charge in [-0.05, 0) is 63.5 Å². The van der Waals surface area contributed by atoms with Crippen LogP contribution < -0.4 is 9.64 Å². The zero-order chi connectivity index (χ0) is 28.7. The van der Waals surface area contributed by atoms with Crippen molar-refractivity contribution in [2.24, 2.45) is 0 Å². The van der Waals surface area contributed by atoms with Crippen molar-refractivity contribution in [2.45, 2.75) is 50.9 Å². The summed E-state index contributed by atoms with van der Waals surface area (Å²) in [5.74, 6) is 0.895. The van der Waals surface area contributed by atoms with Crippen LogP contribution in [0, 0.1) is 0 Å². The molecular weight excluding hydrogens is 536 g/mol. The summed E-state index contributed by atoms with van der Waals surface area (Å²) in [6.07, 6.45) is 4.44. The maximum Gasteiger partial charge on any atom is 0.318 e. The predicted octanol–water partition coefficient (Wildman–Crippen LogP) is 4.71. The summed E-state index contributed by atoms with van der Waals surface area (Å²) in [4.78, 5) is 31.3. The fourth-order valence-corrected chi connectivity index (χ4v) is 7.03. The number of halogens is 1. The van der Waals surface area contributed by atoms with E-state index in [1.807, 2.05) is 17.0 Å². The summed E-state index contributed by atoms with van der Waals surface area (Å²) in [7, 11) is 4.32. The minimum absolute atomic E-state index is 0.0257. The molecule has 41 heavy (non-hydrogen) atoms. The van der Waals surface area contributed by atoms with Crippen LogP contribution in [0.15, 0.2) is 49.1 Å². The molecule has 3 aromatic rings. The van der Waals surface area contributed by atoms with Crippen molar-refractivity contribution in [2.75, 3.05) is 51.8 Å². The molecule has 2 fully saturated rings. The van der Waals surface area contributed by atoms with Crippen LogP contribution in [-0.4, -0.2) is 89.5 Å². The van der Waals surface area contributed by atoms with E-state index >= 15 is 0 Å². The van der Waals surface area contributed by atoms with Crippen molar-refractivity contribution in [3.8, 4) is 6.01 Å². The van der Waals surface area contributed by atoms with Gasteiger partial charge in [0.25, 0.3) is 0 Å². The highest BCUT2D eigenvalue weighted by Gasteiger charge is 2.35. The maximum atomic E-state index is 12.3. The first-order chi connectivity index (χ1) is 19.8. The Hall–Kier alpha value is -3.20. The highest BCUT2D eigenvalue weighted by Crippen LogP contribution is 2.40. The number of likely N-dealkylation sites (N-methyl/N-ethyl adjacent to an activating group) is 2. The fraction of sp³-hybridized carbons (Fsp3) is 0.469. The van der Waals surface area contributed by atoms with Gasteiger partial charge in [-0.25, -0.2) is 0 Å². The molecule has 0 bridgehead atoms. The monoisotopic (exact) mass is 574 g/mol. The number of piperazine rings is 1. The van der Waals surface area contributed by atoms with E-state index in [1.54, 1.807) is 0 Å². The number of hydrogen-bond donors (Lipinski definition) is 0. The zero-order valence-electron chi connectivity index (χ0n) is 24.2. The highest BCUT2D eigenvalue weighted by atomic mass is 35.5. The lowest BCUT2D eigenvalue weighted by atomic mass is 9.90. The number of rotatable bonds is 6. The Bertz CT molecular complexity index is 1460. The summed E-state index contributed by atoms with van der Waals surface area (Å²) in [5.41, 5.74) is 3.37. The predicted molar refractivity (Wildman–Crippen MR) is 164 cm³/mol. The molecule has 2 unspecified atom stereocenters. The van der Waals surface area contributed by atoms with E-state index in [4.69, 9.17) is 26.3 Å². The molecule has 1 aromatic heterocycles. The van der Waals surface area contributed by atoms with Crippen molar-refractivity contribution in [3.05, 3.63) is 70.9 Å². The molecule has 3 aliphatic heterocycles. The Morgan fingerprint density at radius 3 is 2.66 bits per heavy atom. The van der Waals surface area contributed by atoms with E-state index in [1.165, 1.54) is 18.1 Å².